The lowest BCUT2D eigenvalue weighted by atomic mass is 10.1. The van der Waals surface area contributed by atoms with Gasteiger partial charge in [-0.1, -0.05) is 13.8 Å². The molecule has 1 unspecified atom stereocenters. The maximum Gasteiger partial charge on any atom is 0.0638 e. The van der Waals surface area contributed by atoms with E-state index in [0.29, 0.717) is 5.41 Å². The molecule has 0 spiro atoms. The average molecular weight is 207 g/mol. The summed E-state index contributed by atoms with van der Waals surface area (Å²) in [4.78, 5) is 0. The van der Waals surface area contributed by atoms with E-state index in [1.807, 2.05) is 11.7 Å². The van der Waals surface area contributed by atoms with Gasteiger partial charge < -0.3 is 5.32 Å². The zero-order valence-corrected chi connectivity index (χ0v) is 10.2. The third kappa shape index (κ3) is 2.40. The second-order valence-electron chi connectivity index (χ2n) is 5.43. The van der Waals surface area contributed by atoms with E-state index in [4.69, 9.17) is 0 Å². The van der Waals surface area contributed by atoms with Crippen molar-refractivity contribution in [2.24, 2.45) is 18.4 Å². The van der Waals surface area contributed by atoms with Gasteiger partial charge in [0.2, 0.25) is 0 Å². The van der Waals surface area contributed by atoms with Gasteiger partial charge in [-0.25, -0.2) is 0 Å². The van der Waals surface area contributed by atoms with Crippen LogP contribution in [-0.2, 0) is 13.6 Å². The van der Waals surface area contributed by atoms with Gasteiger partial charge in [-0.3, -0.25) is 4.68 Å². The van der Waals surface area contributed by atoms with E-state index >= 15 is 0 Å². The fourth-order valence-electron chi connectivity index (χ4n) is 2.13. The van der Waals surface area contributed by atoms with Gasteiger partial charge >= 0.3 is 0 Å². The smallest absolute Gasteiger partial charge is 0.0638 e. The van der Waals surface area contributed by atoms with Crippen molar-refractivity contribution in [3.05, 3.63) is 17.5 Å². The molecule has 0 aliphatic heterocycles. The molecule has 1 atom stereocenters. The highest BCUT2D eigenvalue weighted by Crippen LogP contribution is 2.50. The predicted octanol–water partition coefficient (Wildman–Crippen LogP) is 1.86. The Kier molecular flexibility index (Phi) is 2.59. The number of nitrogens with zero attached hydrogens (tertiary/aromatic N) is 2. The zero-order chi connectivity index (χ0) is 11.1. The lowest BCUT2D eigenvalue weighted by molar-refractivity contribution is 0.519. The normalized spacial score (nSPS) is 23.1. The van der Waals surface area contributed by atoms with Crippen LogP contribution in [0.5, 0.6) is 0 Å². The van der Waals surface area contributed by atoms with Crippen molar-refractivity contribution in [1.82, 2.24) is 15.1 Å². The second-order valence-corrected chi connectivity index (χ2v) is 5.43. The van der Waals surface area contributed by atoms with Crippen molar-refractivity contribution in [2.45, 2.75) is 33.7 Å². The van der Waals surface area contributed by atoms with Crippen LogP contribution in [0, 0.1) is 18.3 Å². The second kappa shape index (κ2) is 3.63. The molecule has 0 aromatic carbocycles. The van der Waals surface area contributed by atoms with E-state index < -0.39 is 0 Å². The van der Waals surface area contributed by atoms with Gasteiger partial charge in [-0.2, -0.15) is 5.10 Å². The summed E-state index contributed by atoms with van der Waals surface area (Å²) in [5, 5.41) is 7.85. The summed E-state index contributed by atoms with van der Waals surface area (Å²) in [6, 6.07) is 0. The highest BCUT2D eigenvalue weighted by Gasteiger charge is 2.44. The summed E-state index contributed by atoms with van der Waals surface area (Å²) in [5.41, 5.74) is 3.03. The SMILES string of the molecule is Cc1nn(C)cc1CNCC1CC1(C)C. The van der Waals surface area contributed by atoms with Crippen molar-refractivity contribution in [2.75, 3.05) is 6.54 Å². The molecule has 2 rings (SSSR count). The first-order valence-corrected chi connectivity index (χ1v) is 5.69. The summed E-state index contributed by atoms with van der Waals surface area (Å²) in [6.07, 6.45) is 3.46. The molecule has 1 N–H and O–H groups in total. The number of hydrogen-bond acceptors (Lipinski definition) is 2. The monoisotopic (exact) mass is 207 g/mol. The molecule has 1 aliphatic rings. The molecule has 1 heterocycles. The Hall–Kier alpha value is -0.830. The van der Waals surface area contributed by atoms with Crippen molar-refractivity contribution in [1.29, 1.82) is 0 Å². The van der Waals surface area contributed by atoms with Crippen molar-refractivity contribution < 1.29 is 0 Å². The van der Waals surface area contributed by atoms with Crippen LogP contribution in [0.25, 0.3) is 0 Å². The van der Waals surface area contributed by atoms with E-state index in [9.17, 15) is 0 Å². The number of aryl methyl sites for hydroxylation is 2. The van der Waals surface area contributed by atoms with Gasteiger partial charge in [-0.05, 0) is 31.2 Å². The molecular formula is C12H21N3. The summed E-state index contributed by atoms with van der Waals surface area (Å²) in [7, 11) is 1.97. The zero-order valence-electron chi connectivity index (χ0n) is 10.2. The summed E-state index contributed by atoms with van der Waals surface area (Å²) in [6.45, 7) is 8.84. The quantitative estimate of drug-likeness (QED) is 0.816. The lowest BCUT2D eigenvalue weighted by Gasteiger charge is -2.05. The van der Waals surface area contributed by atoms with Gasteiger partial charge in [0, 0.05) is 25.4 Å². The van der Waals surface area contributed by atoms with E-state index in [1.54, 1.807) is 0 Å². The lowest BCUT2D eigenvalue weighted by Crippen LogP contribution is -2.18. The fraction of sp³-hybridized carbons (Fsp3) is 0.750. The van der Waals surface area contributed by atoms with Crippen LogP contribution in [-0.4, -0.2) is 16.3 Å². The van der Waals surface area contributed by atoms with Crippen LogP contribution in [0.3, 0.4) is 0 Å². The number of hydrogen-bond donors (Lipinski definition) is 1. The Bertz CT molecular complexity index is 352. The van der Waals surface area contributed by atoms with Crippen LogP contribution in [0.15, 0.2) is 6.20 Å². The Morgan fingerprint density at radius 1 is 1.60 bits per heavy atom. The fourth-order valence-corrected chi connectivity index (χ4v) is 2.13. The summed E-state index contributed by atoms with van der Waals surface area (Å²) < 4.78 is 1.88. The number of nitrogens with one attached hydrogen (secondary N) is 1. The maximum atomic E-state index is 4.33. The molecule has 0 radical (unpaired) electrons. The van der Waals surface area contributed by atoms with E-state index in [0.717, 1.165) is 24.7 Å². The summed E-state index contributed by atoms with van der Waals surface area (Å²) in [5.74, 6) is 0.870. The third-order valence-corrected chi connectivity index (χ3v) is 3.54. The van der Waals surface area contributed by atoms with Gasteiger partial charge in [0.05, 0.1) is 5.69 Å². The van der Waals surface area contributed by atoms with Crippen LogP contribution in [0.2, 0.25) is 0 Å². The first-order chi connectivity index (χ1) is 6.99. The molecule has 1 aromatic rings. The Balaban J connectivity index is 1.77. The van der Waals surface area contributed by atoms with Gasteiger partial charge in [-0.15, -0.1) is 0 Å². The predicted molar refractivity (Wildman–Crippen MR) is 61.5 cm³/mol. The standard InChI is InChI=1S/C12H21N3/c1-9-10(8-15(4)14-9)6-13-7-11-5-12(11,2)3/h8,11,13H,5-7H2,1-4H3. The molecule has 1 aromatic heterocycles. The van der Waals surface area contributed by atoms with E-state index in [2.05, 4.69) is 37.4 Å². The highest BCUT2D eigenvalue weighted by molar-refractivity contribution is 5.14. The van der Waals surface area contributed by atoms with Crippen molar-refractivity contribution >= 4 is 0 Å². The molecule has 0 saturated heterocycles. The van der Waals surface area contributed by atoms with Crippen LogP contribution < -0.4 is 5.32 Å². The Morgan fingerprint density at radius 2 is 2.27 bits per heavy atom. The molecule has 0 bridgehead atoms. The van der Waals surface area contributed by atoms with Gasteiger partial charge in [0.1, 0.15) is 0 Å². The molecular weight excluding hydrogens is 186 g/mol. The maximum absolute atomic E-state index is 4.33. The van der Waals surface area contributed by atoms with Gasteiger partial charge in [0.25, 0.3) is 0 Å². The minimum atomic E-state index is 0.580. The number of aromatic nitrogens is 2. The van der Waals surface area contributed by atoms with Crippen LogP contribution >= 0.6 is 0 Å². The first-order valence-electron chi connectivity index (χ1n) is 5.69. The molecule has 84 valence electrons. The van der Waals surface area contributed by atoms with Gasteiger partial charge in [0.15, 0.2) is 0 Å². The largest absolute Gasteiger partial charge is 0.312 e. The Morgan fingerprint density at radius 3 is 2.73 bits per heavy atom. The van der Waals surface area contributed by atoms with E-state index in [-0.39, 0.29) is 0 Å². The molecule has 0 amide bonds. The first kappa shape index (κ1) is 10.7. The Labute approximate surface area is 91.9 Å². The summed E-state index contributed by atoms with van der Waals surface area (Å²) >= 11 is 0. The molecule has 1 fully saturated rings. The highest BCUT2D eigenvalue weighted by atomic mass is 15.2. The van der Waals surface area contributed by atoms with Crippen LogP contribution in [0.1, 0.15) is 31.5 Å². The molecule has 1 aliphatic carbocycles. The molecule has 3 nitrogen and oxygen atoms in total. The van der Waals surface area contributed by atoms with Crippen LogP contribution in [0.4, 0.5) is 0 Å². The topological polar surface area (TPSA) is 29.9 Å². The number of rotatable bonds is 4. The van der Waals surface area contributed by atoms with Crippen molar-refractivity contribution in [3.63, 3.8) is 0 Å². The molecule has 3 heteroatoms. The minimum absolute atomic E-state index is 0.580. The minimum Gasteiger partial charge on any atom is -0.312 e. The third-order valence-electron chi connectivity index (χ3n) is 3.54. The molecule has 15 heavy (non-hydrogen) atoms. The average Bonchev–Trinajstić information content (AvgIpc) is 2.58. The van der Waals surface area contributed by atoms with Crippen molar-refractivity contribution in [3.8, 4) is 0 Å². The molecule has 1 saturated carbocycles. The van der Waals surface area contributed by atoms with E-state index in [1.165, 1.54) is 12.0 Å².